The minimum absolute atomic E-state index is 0. The Labute approximate surface area is 221 Å². The van der Waals surface area contributed by atoms with Crippen molar-refractivity contribution in [2.45, 2.75) is 51.6 Å². The molecule has 36 heavy (non-hydrogen) atoms. The number of benzene rings is 1. The van der Waals surface area contributed by atoms with Crippen molar-refractivity contribution in [3.63, 3.8) is 0 Å². The first-order valence-corrected chi connectivity index (χ1v) is 11.5. The van der Waals surface area contributed by atoms with Crippen LogP contribution in [-0.2, 0) is 6.54 Å². The van der Waals surface area contributed by atoms with Gasteiger partial charge >= 0.3 is 0 Å². The molecule has 0 amide bonds. The second-order valence-corrected chi connectivity index (χ2v) is 8.24. The van der Waals surface area contributed by atoms with Crippen LogP contribution < -0.4 is 16.0 Å². The molecule has 3 heterocycles. The molecule has 0 bridgehead atoms. The molecule has 0 unspecified atom stereocenters. The van der Waals surface area contributed by atoms with E-state index in [2.05, 4.69) is 15.1 Å². The van der Waals surface area contributed by atoms with Crippen molar-refractivity contribution in [3.05, 3.63) is 64.8 Å². The van der Waals surface area contributed by atoms with E-state index in [4.69, 9.17) is 15.0 Å². The predicted molar refractivity (Wildman–Crippen MR) is 143 cm³/mol. The molecule has 11 heteroatoms. The van der Waals surface area contributed by atoms with E-state index in [0.29, 0.717) is 35.6 Å². The fraction of sp³-hybridized carbons (Fsp3) is 0.360. The van der Waals surface area contributed by atoms with Gasteiger partial charge in [-0.1, -0.05) is 18.0 Å². The van der Waals surface area contributed by atoms with Crippen molar-refractivity contribution >= 4 is 41.4 Å². The molecular formula is C25H31Cl2N5O4. The van der Waals surface area contributed by atoms with Gasteiger partial charge in [-0.15, -0.1) is 24.8 Å². The molecule has 0 aliphatic heterocycles. The average Bonchev–Trinajstić information content (AvgIpc) is 3.56. The third-order valence-electron chi connectivity index (χ3n) is 6.02. The van der Waals surface area contributed by atoms with E-state index < -0.39 is 0 Å². The van der Waals surface area contributed by atoms with E-state index in [1.165, 1.54) is 6.26 Å². The summed E-state index contributed by atoms with van der Waals surface area (Å²) in [6, 6.07) is 6.98. The molecule has 3 aromatic heterocycles. The topological polar surface area (TPSA) is 129 Å². The van der Waals surface area contributed by atoms with E-state index in [0.717, 1.165) is 42.3 Å². The zero-order valence-corrected chi connectivity index (χ0v) is 21.9. The fourth-order valence-corrected chi connectivity index (χ4v) is 4.05. The van der Waals surface area contributed by atoms with Crippen LogP contribution in [0, 0.1) is 0 Å². The van der Waals surface area contributed by atoms with Gasteiger partial charge in [-0.05, 0) is 43.4 Å². The number of carbonyl (C=O) groups is 1. The molecule has 0 fully saturated rings. The summed E-state index contributed by atoms with van der Waals surface area (Å²) in [7, 11) is 1.59. The van der Waals surface area contributed by atoms with Crippen molar-refractivity contribution in [1.82, 2.24) is 19.7 Å². The predicted octanol–water partition coefficient (Wildman–Crippen LogP) is 5.08. The number of pyridine rings is 1. The fourth-order valence-electron chi connectivity index (χ4n) is 4.05. The number of nitrogens with two attached hydrogens (primary N) is 1. The lowest BCUT2D eigenvalue weighted by atomic mass is 10.0. The number of nitrogens with zero attached hydrogens (tertiary/aromatic N) is 3. The van der Waals surface area contributed by atoms with Gasteiger partial charge in [-0.3, -0.25) is 9.59 Å². The number of aromatic nitrogens is 4. The zero-order chi connectivity index (χ0) is 24.1. The summed E-state index contributed by atoms with van der Waals surface area (Å²) >= 11 is 0. The van der Waals surface area contributed by atoms with Gasteiger partial charge in [0.25, 0.3) is 5.56 Å². The molecule has 4 aromatic rings. The first-order chi connectivity index (χ1) is 16.5. The zero-order valence-electron chi connectivity index (χ0n) is 20.2. The molecule has 0 aliphatic carbocycles. The number of nitrogens with one attached hydrogen (secondary N) is 1. The number of H-pyrrole nitrogens is 1. The van der Waals surface area contributed by atoms with Crippen LogP contribution in [0.4, 0.5) is 0 Å². The number of imidazole rings is 1. The summed E-state index contributed by atoms with van der Waals surface area (Å²) in [5, 5.41) is 5.12. The number of aryl methyl sites for hydroxylation is 1. The molecule has 194 valence electrons. The second kappa shape index (κ2) is 13.2. The van der Waals surface area contributed by atoms with Crippen LogP contribution >= 0.6 is 24.8 Å². The van der Waals surface area contributed by atoms with E-state index in [9.17, 15) is 9.59 Å². The van der Waals surface area contributed by atoms with Crippen LogP contribution in [0.1, 0.15) is 61.4 Å². The Balaban J connectivity index is 0.00000228. The largest absolute Gasteiger partial charge is 0.496 e. The van der Waals surface area contributed by atoms with Gasteiger partial charge in [0.1, 0.15) is 23.5 Å². The smallest absolute Gasteiger partial charge is 0.258 e. The van der Waals surface area contributed by atoms with Crippen molar-refractivity contribution in [1.29, 1.82) is 0 Å². The van der Waals surface area contributed by atoms with Crippen LogP contribution in [0.25, 0.3) is 22.0 Å². The lowest BCUT2D eigenvalue weighted by Gasteiger charge is -2.11. The van der Waals surface area contributed by atoms with Gasteiger partial charge in [-0.25, -0.2) is 4.98 Å². The average molecular weight is 536 g/mol. The summed E-state index contributed by atoms with van der Waals surface area (Å²) in [4.78, 5) is 32.4. The van der Waals surface area contributed by atoms with Crippen molar-refractivity contribution in [2.24, 2.45) is 5.73 Å². The lowest BCUT2D eigenvalue weighted by Crippen LogP contribution is -2.18. The molecule has 9 nitrogen and oxygen atoms in total. The SMILES string of the molecule is CCn1ccc2cc(-c3cnc([C@@H](N)CCCCCC(=O)c4ccon4)[nH]3)c(OC)cc2c1=O.Cl.Cl. The second-order valence-electron chi connectivity index (χ2n) is 8.24. The molecule has 3 N–H and O–H groups in total. The third-order valence-corrected chi connectivity index (χ3v) is 6.02. The van der Waals surface area contributed by atoms with Crippen molar-refractivity contribution < 1.29 is 14.1 Å². The highest BCUT2D eigenvalue weighted by Crippen LogP contribution is 2.33. The molecule has 0 radical (unpaired) electrons. The molecule has 1 aromatic carbocycles. The van der Waals surface area contributed by atoms with Gasteiger partial charge in [0.15, 0.2) is 5.78 Å². The number of unbranched alkanes of at least 4 members (excludes halogenated alkanes) is 2. The van der Waals surface area contributed by atoms with Crippen LogP contribution in [0.5, 0.6) is 5.75 Å². The Bertz CT molecular complexity index is 1330. The van der Waals surface area contributed by atoms with Gasteiger partial charge in [0.05, 0.1) is 30.4 Å². The Hall–Kier alpha value is -3.14. The summed E-state index contributed by atoms with van der Waals surface area (Å²) in [5.74, 6) is 1.28. The number of carbonyl (C=O) groups excluding carboxylic acids is 1. The van der Waals surface area contributed by atoms with Gasteiger partial charge < -0.3 is 24.5 Å². The molecule has 0 spiro atoms. The quantitative estimate of drug-likeness (QED) is 0.202. The number of ether oxygens (including phenoxy) is 1. The maximum atomic E-state index is 12.7. The van der Waals surface area contributed by atoms with Crippen LogP contribution in [-0.4, -0.2) is 32.6 Å². The number of ketones is 1. The highest BCUT2D eigenvalue weighted by molar-refractivity contribution is 5.93. The number of fused-ring (bicyclic) bond motifs is 1. The number of halogens is 2. The van der Waals surface area contributed by atoms with Crippen LogP contribution in [0.2, 0.25) is 0 Å². The van der Waals surface area contributed by atoms with E-state index >= 15 is 0 Å². The molecule has 1 atom stereocenters. The molecule has 4 rings (SSSR count). The molecule has 0 saturated carbocycles. The van der Waals surface area contributed by atoms with Gasteiger partial charge in [0.2, 0.25) is 0 Å². The lowest BCUT2D eigenvalue weighted by molar-refractivity contribution is 0.0970. The summed E-state index contributed by atoms with van der Waals surface area (Å²) < 4.78 is 12.0. The van der Waals surface area contributed by atoms with Gasteiger partial charge in [-0.2, -0.15) is 0 Å². The minimum Gasteiger partial charge on any atom is -0.496 e. The Kier molecular flexibility index (Phi) is 10.7. The van der Waals surface area contributed by atoms with Crippen LogP contribution in [0.15, 0.2) is 52.2 Å². The first-order valence-electron chi connectivity index (χ1n) is 11.5. The highest BCUT2D eigenvalue weighted by Gasteiger charge is 2.16. The maximum absolute atomic E-state index is 12.7. The molecule has 0 aliphatic rings. The van der Waals surface area contributed by atoms with E-state index in [-0.39, 0.29) is 42.2 Å². The van der Waals surface area contributed by atoms with Crippen molar-refractivity contribution in [3.8, 4) is 17.0 Å². The third kappa shape index (κ3) is 6.34. The van der Waals surface area contributed by atoms with Gasteiger partial charge in [0, 0.05) is 30.8 Å². The monoisotopic (exact) mass is 535 g/mol. The number of aromatic amines is 1. The molecular weight excluding hydrogens is 505 g/mol. The molecule has 0 saturated heterocycles. The number of hydrogen-bond acceptors (Lipinski definition) is 7. The van der Waals surface area contributed by atoms with Crippen LogP contribution in [0.3, 0.4) is 0 Å². The maximum Gasteiger partial charge on any atom is 0.258 e. The summed E-state index contributed by atoms with van der Waals surface area (Å²) in [6.07, 6.45) is 8.67. The first kappa shape index (κ1) is 29.1. The Morgan fingerprint density at radius 1 is 1.22 bits per heavy atom. The number of Topliss-reactive ketones (excluding diaryl/α,β-unsaturated/α-hetero) is 1. The van der Waals surface area contributed by atoms with E-state index in [1.807, 2.05) is 19.1 Å². The van der Waals surface area contributed by atoms with Crippen molar-refractivity contribution in [2.75, 3.05) is 7.11 Å². The summed E-state index contributed by atoms with van der Waals surface area (Å²) in [5.41, 5.74) is 8.29. The Morgan fingerprint density at radius 2 is 2.03 bits per heavy atom. The minimum atomic E-state index is -0.247. The number of methoxy groups -OCH3 is 1. The van der Waals surface area contributed by atoms with E-state index in [1.54, 1.807) is 36.2 Å². The highest BCUT2D eigenvalue weighted by atomic mass is 35.5. The number of rotatable bonds is 11. The normalized spacial score (nSPS) is 11.5. The standard InChI is InChI=1S/C25H29N5O4.2ClH/c1-3-30-11-9-16-13-18(23(33-2)14-17(16)25(30)32)21-15-27-24(28-21)19(26)7-5-4-6-8-22(31)20-10-12-34-29-20;;/h9-15,19H,3-8,26H2,1-2H3,(H,27,28);2*1H/t19-;;/m0../s1. The summed E-state index contributed by atoms with van der Waals surface area (Å²) in [6.45, 7) is 2.55. The Morgan fingerprint density at radius 3 is 2.72 bits per heavy atom. The number of hydrogen-bond donors (Lipinski definition) is 2.